The number of piperidine rings is 1. The van der Waals surface area contributed by atoms with E-state index in [4.69, 9.17) is 0 Å². The van der Waals surface area contributed by atoms with Gasteiger partial charge in [-0.2, -0.15) is 33.1 Å². The van der Waals surface area contributed by atoms with Gasteiger partial charge < -0.3 is 14.7 Å². The molecular weight excluding hydrogens is 449 g/mol. The number of benzene rings is 1. The van der Waals surface area contributed by atoms with Gasteiger partial charge in [-0.05, 0) is 18.6 Å². The highest BCUT2D eigenvalue weighted by Gasteiger charge is 2.45. The van der Waals surface area contributed by atoms with Crippen molar-refractivity contribution >= 4 is 17.7 Å². The molecule has 0 radical (unpaired) electrons. The summed E-state index contributed by atoms with van der Waals surface area (Å²) >= 11 is 0. The number of hydrogen-bond acceptors (Lipinski definition) is 7. The van der Waals surface area contributed by atoms with E-state index >= 15 is 0 Å². The fraction of sp³-hybridized carbons (Fsp3) is 0.409. The van der Waals surface area contributed by atoms with Gasteiger partial charge in [-0.3, -0.25) is 4.79 Å². The number of halogens is 3. The molecule has 0 saturated carbocycles. The Morgan fingerprint density at radius 1 is 1.09 bits per heavy atom. The number of rotatable bonds is 4. The topological polar surface area (TPSA) is 83.3 Å². The van der Waals surface area contributed by atoms with Crippen molar-refractivity contribution in [3.63, 3.8) is 0 Å². The van der Waals surface area contributed by atoms with Crippen LogP contribution in [0.25, 0.3) is 5.69 Å². The number of nitrogens with zero attached hydrogens (tertiary/aromatic N) is 8. The number of para-hydroxylation sites is 1. The minimum atomic E-state index is -4.58. The van der Waals surface area contributed by atoms with Gasteiger partial charge in [0.05, 0.1) is 29.7 Å². The standard InChI is InChI=1S/C22H23F3N8O/c1-30(2)21-28-18(22(23,24)25)11-19(29-21)32-12-14-7-10-31(13-17(14)32)20(34)15-5-3-4-6-16(15)33-26-8-9-27-33/h3-6,8-9,11,14,17H,7,10,12-13H2,1-2H3. The highest BCUT2D eigenvalue weighted by molar-refractivity contribution is 5.97. The zero-order valence-electron chi connectivity index (χ0n) is 18.6. The Hall–Kier alpha value is -3.70. The summed E-state index contributed by atoms with van der Waals surface area (Å²) in [4.78, 5) is 27.9. The summed E-state index contributed by atoms with van der Waals surface area (Å²) in [5.41, 5.74) is 0.0692. The summed E-state index contributed by atoms with van der Waals surface area (Å²) in [7, 11) is 3.20. The Labute approximate surface area is 193 Å². The number of anilines is 2. The smallest absolute Gasteiger partial charge is 0.351 e. The molecule has 2 aliphatic rings. The lowest BCUT2D eigenvalue weighted by molar-refractivity contribution is -0.141. The molecule has 0 N–H and O–H groups in total. The third kappa shape index (κ3) is 3.93. The molecule has 12 heteroatoms. The molecule has 5 rings (SSSR count). The van der Waals surface area contributed by atoms with Gasteiger partial charge in [0, 0.05) is 45.7 Å². The molecule has 1 aromatic carbocycles. The van der Waals surface area contributed by atoms with E-state index in [1.807, 2.05) is 11.0 Å². The maximum absolute atomic E-state index is 13.4. The second-order valence-electron chi connectivity index (χ2n) is 8.66. The summed E-state index contributed by atoms with van der Waals surface area (Å²) in [6.45, 7) is 1.57. The van der Waals surface area contributed by atoms with Crippen LogP contribution in [0.4, 0.5) is 24.9 Å². The second-order valence-corrected chi connectivity index (χ2v) is 8.66. The van der Waals surface area contributed by atoms with Crippen molar-refractivity contribution in [2.24, 2.45) is 5.92 Å². The van der Waals surface area contributed by atoms with E-state index in [-0.39, 0.29) is 23.7 Å². The molecular formula is C22H23F3N8O. The van der Waals surface area contributed by atoms with Crippen LogP contribution in [0.1, 0.15) is 22.5 Å². The normalized spacial score (nSPS) is 20.0. The summed E-state index contributed by atoms with van der Waals surface area (Å²) in [5.74, 6) is 0.352. The van der Waals surface area contributed by atoms with Crippen LogP contribution in [0.2, 0.25) is 0 Å². The molecule has 2 aliphatic heterocycles. The summed E-state index contributed by atoms with van der Waals surface area (Å²) in [6.07, 6.45) is -0.728. The van der Waals surface area contributed by atoms with Crippen molar-refractivity contribution in [3.8, 4) is 5.69 Å². The van der Waals surface area contributed by atoms with Crippen molar-refractivity contribution < 1.29 is 18.0 Å². The first kappa shape index (κ1) is 22.1. The third-order valence-electron chi connectivity index (χ3n) is 6.29. The van der Waals surface area contributed by atoms with Gasteiger partial charge in [0.15, 0.2) is 5.69 Å². The van der Waals surface area contributed by atoms with Gasteiger partial charge in [0.25, 0.3) is 5.91 Å². The monoisotopic (exact) mass is 472 g/mol. The minimum absolute atomic E-state index is 0.00216. The van der Waals surface area contributed by atoms with E-state index < -0.39 is 11.9 Å². The number of likely N-dealkylation sites (tertiary alicyclic amines) is 1. The number of amides is 1. The number of hydrogen-bond donors (Lipinski definition) is 0. The zero-order valence-corrected chi connectivity index (χ0v) is 18.6. The minimum Gasteiger partial charge on any atom is -0.351 e. The molecule has 2 atom stereocenters. The quantitative estimate of drug-likeness (QED) is 0.577. The first-order chi connectivity index (χ1) is 16.2. The molecule has 9 nitrogen and oxygen atoms in total. The molecule has 3 aromatic rings. The van der Waals surface area contributed by atoms with E-state index in [2.05, 4.69) is 20.2 Å². The van der Waals surface area contributed by atoms with Crippen LogP contribution in [0.5, 0.6) is 0 Å². The van der Waals surface area contributed by atoms with Crippen LogP contribution in [0.15, 0.2) is 42.7 Å². The molecule has 0 aliphatic carbocycles. The SMILES string of the molecule is CN(C)c1nc(N2CC3CCN(C(=O)c4ccccc4-n4nccn4)CC32)cc(C(F)(F)F)n1. The predicted molar refractivity (Wildman–Crippen MR) is 118 cm³/mol. The van der Waals surface area contributed by atoms with Gasteiger partial charge in [-0.1, -0.05) is 12.1 Å². The maximum atomic E-state index is 13.4. The number of alkyl halides is 3. The molecule has 2 fully saturated rings. The highest BCUT2D eigenvalue weighted by atomic mass is 19.4. The third-order valence-corrected chi connectivity index (χ3v) is 6.29. The first-order valence-electron chi connectivity index (χ1n) is 10.9. The van der Waals surface area contributed by atoms with Crippen LogP contribution in [0.3, 0.4) is 0 Å². The van der Waals surface area contributed by atoms with Gasteiger partial charge in [0.2, 0.25) is 5.95 Å². The lowest BCUT2D eigenvalue weighted by Gasteiger charge is -2.54. The Kier molecular flexibility index (Phi) is 5.37. The predicted octanol–water partition coefficient (Wildman–Crippen LogP) is 2.49. The van der Waals surface area contributed by atoms with E-state index in [9.17, 15) is 18.0 Å². The van der Waals surface area contributed by atoms with Crippen molar-refractivity contribution in [1.29, 1.82) is 0 Å². The Bertz CT molecular complexity index is 1200. The largest absolute Gasteiger partial charge is 0.433 e. The van der Waals surface area contributed by atoms with Crippen molar-refractivity contribution in [1.82, 2.24) is 29.9 Å². The van der Waals surface area contributed by atoms with Crippen molar-refractivity contribution in [3.05, 3.63) is 54.0 Å². The molecule has 2 unspecified atom stereocenters. The molecule has 0 bridgehead atoms. The van der Waals surface area contributed by atoms with Crippen LogP contribution in [0, 0.1) is 5.92 Å². The fourth-order valence-electron chi connectivity index (χ4n) is 4.50. The first-order valence-corrected chi connectivity index (χ1v) is 10.9. The molecule has 178 valence electrons. The second kappa shape index (κ2) is 8.26. The van der Waals surface area contributed by atoms with Gasteiger partial charge in [-0.25, -0.2) is 4.98 Å². The number of aromatic nitrogens is 5. The molecule has 34 heavy (non-hydrogen) atoms. The molecule has 2 saturated heterocycles. The van der Waals surface area contributed by atoms with E-state index in [1.54, 1.807) is 37.2 Å². The van der Waals surface area contributed by atoms with E-state index in [0.717, 1.165) is 12.5 Å². The van der Waals surface area contributed by atoms with E-state index in [1.165, 1.54) is 22.1 Å². The maximum Gasteiger partial charge on any atom is 0.433 e. The Morgan fingerprint density at radius 3 is 2.53 bits per heavy atom. The van der Waals surface area contributed by atoms with E-state index in [0.29, 0.717) is 36.8 Å². The number of fused-ring (bicyclic) bond motifs is 1. The van der Waals surface area contributed by atoms with Crippen LogP contribution < -0.4 is 9.80 Å². The molecule has 1 amide bonds. The summed E-state index contributed by atoms with van der Waals surface area (Å²) in [6, 6.07) is 7.98. The van der Waals surface area contributed by atoms with Crippen LogP contribution in [-0.2, 0) is 6.18 Å². The number of carbonyl (C=O) groups excluding carboxylic acids is 1. The van der Waals surface area contributed by atoms with Crippen LogP contribution >= 0.6 is 0 Å². The van der Waals surface area contributed by atoms with Gasteiger partial charge >= 0.3 is 6.18 Å². The van der Waals surface area contributed by atoms with Gasteiger partial charge in [0.1, 0.15) is 5.82 Å². The highest BCUT2D eigenvalue weighted by Crippen LogP contribution is 2.38. The lowest BCUT2D eigenvalue weighted by Crippen LogP contribution is -2.65. The summed E-state index contributed by atoms with van der Waals surface area (Å²) < 4.78 is 40.3. The van der Waals surface area contributed by atoms with Crippen molar-refractivity contribution in [2.75, 3.05) is 43.5 Å². The zero-order chi connectivity index (χ0) is 24.0. The summed E-state index contributed by atoms with van der Waals surface area (Å²) in [5, 5.41) is 8.26. The van der Waals surface area contributed by atoms with Crippen LogP contribution in [-0.4, -0.2) is 75.5 Å². The number of carbonyl (C=O) groups is 1. The fourth-order valence-corrected chi connectivity index (χ4v) is 4.50. The Balaban J connectivity index is 1.40. The molecule has 2 aromatic heterocycles. The lowest BCUT2D eigenvalue weighted by atomic mass is 9.82. The average molecular weight is 472 g/mol. The average Bonchev–Trinajstić information content (AvgIpc) is 3.33. The Morgan fingerprint density at radius 2 is 1.82 bits per heavy atom. The molecule has 0 spiro atoms. The van der Waals surface area contributed by atoms with Gasteiger partial charge in [-0.15, -0.1) is 0 Å². The van der Waals surface area contributed by atoms with Crippen molar-refractivity contribution in [2.45, 2.75) is 18.6 Å². The molecule has 4 heterocycles.